The zero-order valence-electron chi connectivity index (χ0n) is 13.8. The van der Waals surface area contributed by atoms with E-state index in [0.717, 1.165) is 17.5 Å². The number of halogens is 2. The van der Waals surface area contributed by atoms with Gasteiger partial charge in [-0.1, -0.05) is 61.5 Å². The molecule has 0 fully saturated rings. The van der Waals surface area contributed by atoms with Gasteiger partial charge in [-0.25, -0.2) is 8.78 Å². The highest BCUT2D eigenvalue weighted by atomic mass is 19.1. The Labute approximate surface area is 146 Å². The van der Waals surface area contributed by atoms with Gasteiger partial charge in [0, 0.05) is 0 Å². The molecule has 0 unspecified atom stereocenters. The molecule has 0 heterocycles. The Bertz CT molecular complexity index is 886. The van der Waals surface area contributed by atoms with Gasteiger partial charge in [0.25, 0.3) is 0 Å². The highest BCUT2D eigenvalue weighted by Crippen LogP contribution is 2.26. The number of hydrogen-bond donors (Lipinski definition) is 0. The molecule has 0 radical (unpaired) electrons. The van der Waals surface area contributed by atoms with Crippen molar-refractivity contribution < 1.29 is 8.78 Å². The van der Waals surface area contributed by atoms with Crippen molar-refractivity contribution in [3.8, 4) is 17.2 Å². The van der Waals surface area contributed by atoms with Crippen molar-refractivity contribution in [2.75, 3.05) is 0 Å². The summed E-state index contributed by atoms with van der Waals surface area (Å²) in [7, 11) is 0. The van der Waals surface area contributed by atoms with Gasteiger partial charge in [0.1, 0.15) is 23.3 Å². The van der Waals surface area contributed by atoms with Crippen molar-refractivity contribution in [1.29, 1.82) is 5.26 Å². The van der Waals surface area contributed by atoms with Crippen molar-refractivity contribution in [1.82, 2.24) is 0 Å². The maximum atomic E-state index is 13.8. The molecule has 0 aliphatic heterocycles. The van der Waals surface area contributed by atoms with E-state index in [9.17, 15) is 8.78 Å². The molecule has 0 saturated carbocycles. The molecule has 0 amide bonds. The van der Waals surface area contributed by atoms with E-state index in [2.05, 4.69) is 19.1 Å². The minimum Gasteiger partial charge on any atom is -0.205 e. The monoisotopic (exact) mass is 333 g/mol. The third-order valence-electron chi connectivity index (χ3n) is 4.35. The zero-order chi connectivity index (χ0) is 17.8. The summed E-state index contributed by atoms with van der Waals surface area (Å²) in [5.74, 6) is -1.28. The Balaban J connectivity index is 1.80. The zero-order valence-corrected chi connectivity index (χ0v) is 13.8. The first kappa shape index (κ1) is 16.9. The van der Waals surface area contributed by atoms with Crippen LogP contribution in [-0.2, 0) is 6.42 Å². The third kappa shape index (κ3) is 3.75. The van der Waals surface area contributed by atoms with Crippen LogP contribution in [0.1, 0.15) is 29.5 Å². The summed E-state index contributed by atoms with van der Waals surface area (Å²) in [5.41, 5.74) is 3.05. The molecule has 124 valence electrons. The summed E-state index contributed by atoms with van der Waals surface area (Å²) in [6.07, 6.45) is 0.889. The molecule has 0 saturated heterocycles. The van der Waals surface area contributed by atoms with Crippen LogP contribution in [0, 0.1) is 23.0 Å². The topological polar surface area (TPSA) is 23.8 Å². The van der Waals surface area contributed by atoms with E-state index in [-0.39, 0.29) is 0 Å². The van der Waals surface area contributed by atoms with Crippen molar-refractivity contribution in [3.05, 3.63) is 95.1 Å². The second kappa shape index (κ2) is 7.27. The molecule has 0 aliphatic rings. The Morgan fingerprint density at radius 1 is 0.880 bits per heavy atom. The molecule has 0 spiro atoms. The fourth-order valence-electron chi connectivity index (χ4n) is 2.93. The maximum absolute atomic E-state index is 13.8. The quantitative estimate of drug-likeness (QED) is 0.587. The number of rotatable bonds is 4. The van der Waals surface area contributed by atoms with Crippen molar-refractivity contribution >= 4 is 0 Å². The van der Waals surface area contributed by atoms with Gasteiger partial charge in [-0.05, 0) is 46.7 Å². The predicted molar refractivity (Wildman–Crippen MR) is 95.1 cm³/mol. The molecule has 1 nitrogen and oxygen atoms in total. The standard InChI is InChI=1S/C22H17F2N/c1-15(17-5-3-2-4-6-17)11-16-7-9-18(10-8-16)19-12-21(23)20(14-25)22(24)13-19/h2-10,12-13,15H,11H2,1H3/t15-/m1/s1. The Morgan fingerprint density at radius 3 is 2.04 bits per heavy atom. The SMILES string of the molecule is C[C@H](Cc1ccc(-c2cc(F)c(C#N)c(F)c2)cc1)c1ccccc1. The first-order valence-electron chi connectivity index (χ1n) is 8.12. The molecule has 0 aliphatic carbocycles. The van der Waals surface area contributed by atoms with E-state index in [1.165, 1.54) is 23.8 Å². The van der Waals surface area contributed by atoms with Gasteiger partial charge in [-0.2, -0.15) is 5.26 Å². The lowest BCUT2D eigenvalue weighted by atomic mass is 9.93. The summed E-state index contributed by atoms with van der Waals surface area (Å²) >= 11 is 0. The van der Waals surface area contributed by atoms with Crippen molar-refractivity contribution in [2.45, 2.75) is 19.3 Å². The van der Waals surface area contributed by atoms with E-state index in [1.807, 2.05) is 42.5 Å². The normalized spacial score (nSPS) is 11.8. The summed E-state index contributed by atoms with van der Waals surface area (Å²) in [4.78, 5) is 0. The molecule has 3 aromatic carbocycles. The van der Waals surface area contributed by atoms with Gasteiger partial charge in [0.15, 0.2) is 0 Å². The number of nitriles is 1. The van der Waals surface area contributed by atoms with Crippen LogP contribution in [-0.4, -0.2) is 0 Å². The fourth-order valence-corrected chi connectivity index (χ4v) is 2.93. The molecule has 3 heteroatoms. The minimum atomic E-state index is -0.834. The van der Waals surface area contributed by atoms with E-state index >= 15 is 0 Å². The molecule has 3 rings (SSSR count). The van der Waals surface area contributed by atoms with E-state index < -0.39 is 17.2 Å². The molecular weight excluding hydrogens is 316 g/mol. The highest BCUT2D eigenvalue weighted by Gasteiger charge is 2.12. The first-order chi connectivity index (χ1) is 12.1. The lowest BCUT2D eigenvalue weighted by Gasteiger charge is -2.12. The molecule has 1 atom stereocenters. The van der Waals surface area contributed by atoms with Crippen LogP contribution in [0.4, 0.5) is 8.78 Å². The minimum absolute atomic E-state index is 0.386. The number of hydrogen-bond acceptors (Lipinski definition) is 1. The molecule has 0 bridgehead atoms. The highest BCUT2D eigenvalue weighted by molar-refractivity contribution is 5.65. The Morgan fingerprint density at radius 2 is 1.48 bits per heavy atom. The smallest absolute Gasteiger partial charge is 0.144 e. The van der Waals surface area contributed by atoms with Crippen molar-refractivity contribution in [2.24, 2.45) is 0 Å². The van der Waals surface area contributed by atoms with Crippen molar-refractivity contribution in [3.63, 3.8) is 0 Å². The van der Waals surface area contributed by atoms with Crippen LogP contribution >= 0.6 is 0 Å². The largest absolute Gasteiger partial charge is 0.205 e. The number of nitrogens with zero attached hydrogens (tertiary/aromatic N) is 1. The maximum Gasteiger partial charge on any atom is 0.144 e. The summed E-state index contributed by atoms with van der Waals surface area (Å²) < 4.78 is 27.5. The van der Waals surface area contributed by atoms with Crippen LogP contribution in [0.2, 0.25) is 0 Å². The second-order valence-electron chi connectivity index (χ2n) is 6.14. The van der Waals surface area contributed by atoms with Crippen LogP contribution in [0.15, 0.2) is 66.7 Å². The second-order valence-corrected chi connectivity index (χ2v) is 6.14. The van der Waals surface area contributed by atoms with Gasteiger partial charge in [0.05, 0.1) is 0 Å². The molecule has 3 aromatic rings. The van der Waals surface area contributed by atoms with Gasteiger partial charge in [-0.15, -0.1) is 0 Å². The summed E-state index contributed by atoms with van der Waals surface area (Å²) in [6, 6.07) is 21.9. The van der Waals surface area contributed by atoms with Crippen LogP contribution < -0.4 is 0 Å². The third-order valence-corrected chi connectivity index (χ3v) is 4.35. The van der Waals surface area contributed by atoms with Gasteiger partial charge < -0.3 is 0 Å². The van der Waals surface area contributed by atoms with Gasteiger partial charge in [-0.3, -0.25) is 0 Å². The van der Waals surface area contributed by atoms with Crippen LogP contribution in [0.25, 0.3) is 11.1 Å². The first-order valence-corrected chi connectivity index (χ1v) is 8.12. The Kier molecular flexibility index (Phi) is 4.90. The molecule has 0 aromatic heterocycles. The molecular formula is C22H17F2N. The van der Waals surface area contributed by atoms with E-state index in [1.54, 1.807) is 0 Å². The van der Waals surface area contributed by atoms with Gasteiger partial charge >= 0.3 is 0 Å². The number of benzene rings is 3. The van der Waals surface area contributed by atoms with Crippen LogP contribution in [0.5, 0.6) is 0 Å². The van der Waals surface area contributed by atoms with Crippen LogP contribution in [0.3, 0.4) is 0 Å². The predicted octanol–water partition coefficient (Wildman–Crippen LogP) is 5.85. The van der Waals surface area contributed by atoms with E-state index in [4.69, 9.17) is 5.26 Å². The van der Waals surface area contributed by atoms with Gasteiger partial charge in [0.2, 0.25) is 0 Å². The lowest BCUT2D eigenvalue weighted by molar-refractivity contribution is 0.577. The fraction of sp³-hybridized carbons (Fsp3) is 0.136. The Hall–Kier alpha value is -2.99. The molecule has 25 heavy (non-hydrogen) atoms. The lowest BCUT2D eigenvalue weighted by Crippen LogP contribution is -1.98. The summed E-state index contributed by atoms with van der Waals surface area (Å²) in [6.45, 7) is 2.18. The molecule has 0 N–H and O–H groups in total. The summed E-state index contributed by atoms with van der Waals surface area (Å²) in [5, 5.41) is 8.74. The average molecular weight is 333 g/mol. The van der Waals surface area contributed by atoms with E-state index in [0.29, 0.717) is 11.5 Å². The average Bonchev–Trinajstić information content (AvgIpc) is 2.63.